The third-order valence-electron chi connectivity index (χ3n) is 2.48. The molecule has 0 fully saturated rings. The summed E-state index contributed by atoms with van der Waals surface area (Å²) in [5.41, 5.74) is 1.56. The second-order valence-electron chi connectivity index (χ2n) is 3.92. The van der Waals surface area contributed by atoms with E-state index in [2.05, 4.69) is 0 Å². The largest absolute Gasteiger partial charge is 0.388 e. The van der Waals surface area contributed by atoms with E-state index in [-0.39, 0.29) is 5.82 Å². The number of hydrogen-bond donors (Lipinski definition) is 1. The molecule has 1 N–H and O–H groups in total. The Hall–Kier alpha value is -0.930. The Kier molecular flexibility index (Phi) is 5.43. The van der Waals surface area contributed by atoms with Gasteiger partial charge in [0.1, 0.15) is 5.82 Å². The molecule has 0 amide bonds. The van der Waals surface area contributed by atoms with Crippen LogP contribution < -0.4 is 0 Å². The Morgan fingerprint density at radius 3 is 2.81 bits per heavy atom. The molecule has 90 valence electrons. The summed E-state index contributed by atoms with van der Waals surface area (Å²) in [4.78, 5) is 0. The maximum atomic E-state index is 13.0. The van der Waals surface area contributed by atoms with Crippen molar-refractivity contribution in [2.75, 3.05) is 13.2 Å². The van der Waals surface area contributed by atoms with Crippen LogP contribution in [-0.2, 0) is 4.74 Å². The van der Waals surface area contributed by atoms with E-state index in [1.807, 2.05) is 13.8 Å². The van der Waals surface area contributed by atoms with Gasteiger partial charge < -0.3 is 9.84 Å². The van der Waals surface area contributed by atoms with Crippen molar-refractivity contribution in [3.05, 3.63) is 35.1 Å². The van der Waals surface area contributed by atoms with Crippen molar-refractivity contribution in [1.82, 2.24) is 0 Å². The molecule has 0 radical (unpaired) electrons. The van der Waals surface area contributed by atoms with Crippen LogP contribution in [0.3, 0.4) is 0 Å². The van der Waals surface area contributed by atoms with E-state index < -0.39 is 6.10 Å². The molecule has 0 aromatic heterocycles. The van der Waals surface area contributed by atoms with Gasteiger partial charge in [-0.25, -0.2) is 4.39 Å². The number of hydrogen-bond acceptors (Lipinski definition) is 2. The first-order valence-corrected chi connectivity index (χ1v) is 5.67. The highest BCUT2D eigenvalue weighted by atomic mass is 19.1. The van der Waals surface area contributed by atoms with Crippen LogP contribution in [0.15, 0.2) is 18.2 Å². The maximum absolute atomic E-state index is 13.0. The third kappa shape index (κ3) is 3.91. The lowest BCUT2D eigenvalue weighted by Gasteiger charge is -2.13. The summed E-state index contributed by atoms with van der Waals surface area (Å²) in [5.74, 6) is -0.311. The fourth-order valence-electron chi connectivity index (χ4n) is 1.57. The molecule has 0 bridgehead atoms. The zero-order valence-electron chi connectivity index (χ0n) is 9.87. The number of halogens is 1. The molecule has 1 aromatic rings. The second-order valence-corrected chi connectivity index (χ2v) is 3.92. The van der Waals surface area contributed by atoms with Gasteiger partial charge in [0.15, 0.2) is 0 Å². The first-order valence-electron chi connectivity index (χ1n) is 5.67. The molecule has 0 aliphatic carbocycles. The molecule has 1 rings (SSSR count). The van der Waals surface area contributed by atoms with Gasteiger partial charge in [0.25, 0.3) is 0 Å². The first-order chi connectivity index (χ1) is 7.65. The molecule has 0 aliphatic heterocycles. The average Bonchev–Trinajstić information content (AvgIpc) is 2.27. The molecule has 0 aliphatic rings. The highest BCUT2D eigenvalue weighted by Crippen LogP contribution is 2.21. The molecule has 1 unspecified atom stereocenters. The fraction of sp³-hybridized carbons (Fsp3) is 0.538. The number of benzene rings is 1. The van der Waals surface area contributed by atoms with Gasteiger partial charge in [-0.2, -0.15) is 0 Å². The summed E-state index contributed by atoms with van der Waals surface area (Å²) in [6, 6.07) is 4.47. The number of aliphatic hydroxyl groups excluding tert-OH is 1. The highest BCUT2D eigenvalue weighted by molar-refractivity contribution is 5.28. The predicted molar refractivity (Wildman–Crippen MR) is 61.8 cm³/mol. The zero-order valence-corrected chi connectivity index (χ0v) is 9.87. The minimum Gasteiger partial charge on any atom is -0.388 e. The van der Waals surface area contributed by atoms with Gasteiger partial charge >= 0.3 is 0 Å². The molecule has 3 heteroatoms. The quantitative estimate of drug-likeness (QED) is 0.756. The van der Waals surface area contributed by atoms with Crippen LogP contribution in [0.5, 0.6) is 0 Å². The van der Waals surface area contributed by atoms with Gasteiger partial charge in [-0.05, 0) is 36.6 Å². The minimum atomic E-state index is -0.646. The van der Waals surface area contributed by atoms with Crippen molar-refractivity contribution >= 4 is 0 Å². The lowest BCUT2D eigenvalue weighted by molar-refractivity contribution is 0.0818. The first kappa shape index (κ1) is 13.1. The van der Waals surface area contributed by atoms with E-state index in [1.165, 1.54) is 12.1 Å². The predicted octanol–water partition coefficient (Wildman–Crippen LogP) is 2.98. The number of aliphatic hydroxyl groups is 1. The van der Waals surface area contributed by atoms with Gasteiger partial charge in [-0.1, -0.05) is 13.0 Å². The standard InChI is InChI=1S/C13H19FO2/c1-3-7-16-8-6-13(15)12-9-11(14)5-4-10(12)2/h4-5,9,13,15H,3,6-8H2,1-2H3. The molecule has 0 heterocycles. The topological polar surface area (TPSA) is 29.5 Å². The van der Waals surface area contributed by atoms with Crippen molar-refractivity contribution in [1.29, 1.82) is 0 Å². The number of aryl methyl sites for hydroxylation is 1. The Morgan fingerprint density at radius 2 is 2.12 bits per heavy atom. The van der Waals surface area contributed by atoms with Gasteiger partial charge in [0.2, 0.25) is 0 Å². The summed E-state index contributed by atoms with van der Waals surface area (Å²) in [5, 5.41) is 9.88. The molecule has 0 saturated heterocycles. The van der Waals surface area contributed by atoms with Gasteiger partial charge in [-0.3, -0.25) is 0 Å². The Labute approximate surface area is 96.1 Å². The van der Waals surface area contributed by atoms with Gasteiger partial charge in [0.05, 0.1) is 6.10 Å². The van der Waals surface area contributed by atoms with E-state index >= 15 is 0 Å². The van der Waals surface area contributed by atoms with Crippen molar-refractivity contribution in [3.63, 3.8) is 0 Å². The van der Waals surface area contributed by atoms with Crippen molar-refractivity contribution in [2.24, 2.45) is 0 Å². The molecule has 0 saturated carbocycles. The van der Waals surface area contributed by atoms with Crippen LogP contribution in [0.25, 0.3) is 0 Å². The van der Waals surface area contributed by atoms with Crippen LogP contribution in [0.2, 0.25) is 0 Å². The number of ether oxygens (including phenoxy) is 1. The normalized spacial score (nSPS) is 12.8. The van der Waals surface area contributed by atoms with Crippen LogP contribution in [0, 0.1) is 12.7 Å². The summed E-state index contributed by atoms with van der Waals surface area (Å²) in [6.07, 6.45) is 0.826. The molecular formula is C13H19FO2. The number of rotatable bonds is 6. The smallest absolute Gasteiger partial charge is 0.123 e. The van der Waals surface area contributed by atoms with E-state index in [1.54, 1.807) is 6.07 Å². The Balaban J connectivity index is 2.51. The molecule has 1 atom stereocenters. The monoisotopic (exact) mass is 226 g/mol. The lowest BCUT2D eigenvalue weighted by atomic mass is 10.0. The van der Waals surface area contributed by atoms with E-state index in [4.69, 9.17) is 4.74 Å². The molecule has 2 nitrogen and oxygen atoms in total. The highest BCUT2D eigenvalue weighted by Gasteiger charge is 2.11. The summed E-state index contributed by atoms with van der Waals surface area (Å²) >= 11 is 0. The zero-order chi connectivity index (χ0) is 12.0. The van der Waals surface area contributed by atoms with Crippen LogP contribution in [-0.4, -0.2) is 18.3 Å². The summed E-state index contributed by atoms with van der Waals surface area (Å²) < 4.78 is 18.3. The van der Waals surface area contributed by atoms with Crippen LogP contribution in [0.1, 0.15) is 37.0 Å². The Morgan fingerprint density at radius 1 is 1.38 bits per heavy atom. The van der Waals surface area contributed by atoms with E-state index in [0.29, 0.717) is 25.2 Å². The Bertz CT molecular complexity index is 326. The van der Waals surface area contributed by atoms with Gasteiger partial charge in [-0.15, -0.1) is 0 Å². The maximum Gasteiger partial charge on any atom is 0.123 e. The lowest BCUT2D eigenvalue weighted by Crippen LogP contribution is -2.05. The molecule has 0 spiro atoms. The minimum absolute atomic E-state index is 0.311. The third-order valence-corrected chi connectivity index (χ3v) is 2.48. The molecular weight excluding hydrogens is 207 g/mol. The van der Waals surface area contributed by atoms with Crippen LogP contribution >= 0.6 is 0 Å². The van der Waals surface area contributed by atoms with E-state index in [9.17, 15) is 9.50 Å². The molecule has 16 heavy (non-hydrogen) atoms. The summed E-state index contributed by atoms with van der Waals surface area (Å²) in [7, 11) is 0. The SMILES string of the molecule is CCCOCCC(O)c1cc(F)ccc1C. The van der Waals surface area contributed by atoms with Gasteiger partial charge in [0, 0.05) is 19.6 Å². The van der Waals surface area contributed by atoms with Crippen molar-refractivity contribution in [3.8, 4) is 0 Å². The molecule has 1 aromatic carbocycles. The average molecular weight is 226 g/mol. The van der Waals surface area contributed by atoms with Crippen LogP contribution in [0.4, 0.5) is 4.39 Å². The van der Waals surface area contributed by atoms with Crippen molar-refractivity contribution in [2.45, 2.75) is 32.8 Å². The fourth-order valence-corrected chi connectivity index (χ4v) is 1.57. The van der Waals surface area contributed by atoms with Crippen molar-refractivity contribution < 1.29 is 14.2 Å². The summed E-state index contributed by atoms with van der Waals surface area (Å²) in [6.45, 7) is 5.11. The van der Waals surface area contributed by atoms with E-state index in [0.717, 1.165) is 12.0 Å². The second kappa shape index (κ2) is 6.61.